The van der Waals surface area contributed by atoms with E-state index in [1.807, 2.05) is 19.1 Å². The second kappa shape index (κ2) is 6.02. The van der Waals surface area contributed by atoms with E-state index in [9.17, 15) is 9.59 Å². The van der Waals surface area contributed by atoms with Gasteiger partial charge >= 0.3 is 5.97 Å². The van der Waals surface area contributed by atoms with Crippen molar-refractivity contribution < 1.29 is 14.7 Å². The Morgan fingerprint density at radius 3 is 2.40 bits per heavy atom. The van der Waals surface area contributed by atoms with Crippen LogP contribution in [0.3, 0.4) is 0 Å². The van der Waals surface area contributed by atoms with Gasteiger partial charge in [-0.3, -0.25) is 4.79 Å². The van der Waals surface area contributed by atoms with Gasteiger partial charge in [0.2, 0.25) is 0 Å². The van der Waals surface area contributed by atoms with Gasteiger partial charge in [0.05, 0.1) is 5.56 Å². The molecule has 0 aliphatic carbocycles. The Morgan fingerprint density at radius 2 is 1.75 bits per heavy atom. The monoisotopic (exact) mass is 269 g/mol. The van der Waals surface area contributed by atoms with Gasteiger partial charge in [-0.25, -0.2) is 4.79 Å². The molecule has 2 aromatic carbocycles. The lowest BCUT2D eigenvalue weighted by molar-refractivity contribution is 0.0696. The van der Waals surface area contributed by atoms with Crippen LogP contribution in [0.25, 0.3) is 0 Å². The van der Waals surface area contributed by atoms with E-state index in [2.05, 4.69) is 5.32 Å². The summed E-state index contributed by atoms with van der Waals surface area (Å²) in [4.78, 5) is 22.8. The van der Waals surface area contributed by atoms with Gasteiger partial charge in [-0.15, -0.1) is 0 Å². The number of hydrogen-bond acceptors (Lipinski definition) is 2. The first-order valence-electron chi connectivity index (χ1n) is 6.23. The molecular formula is C16H15NO3. The Balaban J connectivity index is 2.01. The molecule has 4 heteroatoms. The number of rotatable bonds is 4. The van der Waals surface area contributed by atoms with Gasteiger partial charge in [0.25, 0.3) is 5.91 Å². The molecule has 0 heterocycles. The zero-order valence-corrected chi connectivity index (χ0v) is 11.1. The zero-order chi connectivity index (χ0) is 14.5. The van der Waals surface area contributed by atoms with Crippen molar-refractivity contribution in [3.8, 4) is 0 Å². The third-order valence-electron chi connectivity index (χ3n) is 2.94. The maximum atomic E-state index is 11.9. The minimum atomic E-state index is -0.975. The number of carbonyl (C=O) groups excluding carboxylic acids is 1. The van der Waals surface area contributed by atoms with Crippen LogP contribution in [0.2, 0.25) is 0 Å². The number of carbonyl (C=O) groups is 2. The molecule has 0 saturated carbocycles. The molecule has 0 aliphatic rings. The summed E-state index contributed by atoms with van der Waals surface area (Å²) in [6.07, 6.45) is 0. The maximum absolute atomic E-state index is 11.9. The van der Waals surface area contributed by atoms with Crippen molar-refractivity contribution in [1.82, 2.24) is 5.32 Å². The largest absolute Gasteiger partial charge is 0.478 e. The minimum absolute atomic E-state index is 0.175. The van der Waals surface area contributed by atoms with E-state index < -0.39 is 5.97 Å². The average molecular weight is 269 g/mol. The fourth-order valence-corrected chi connectivity index (χ4v) is 1.80. The van der Waals surface area contributed by atoms with Crippen molar-refractivity contribution in [2.24, 2.45) is 0 Å². The molecule has 0 atom stereocenters. The molecule has 0 radical (unpaired) electrons. The van der Waals surface area contributed by atoms with Crippen LogP contribution < -0.4 is 5.32 Å². The Kier molecular flexibility index (Phi) is 4.15. The van der Waals surface area contributed by atoms with Crippen LogP contribution in [0, 0.1) is 6.92 Å². The van der Waals surface area contributed by atoms with Crippen molar-refractivity contribution >= 4 is 11.9 Å². The third-order valence-corrected chi connectivity index (χ3v) is 2.94. The Hall–Kier alpha value is -2.62. The molecule has 20 heavy (non-hydrogen) atoms. The van der Waals surface area contributed by atoms with Gasteiger partial charge in [0.15, 0.2) is 0 Å². The van der Waals surface area contributed by atoms with E-state index in [-0.39, 0.29) is 11.5 Å². The Bertz CT molecular complexity index is 632. The lowest BCUT2D eigenvalue weighted by atomic mass is 10.1. The topological polar surface area (TPSA) is 66.4 Å². The van der Waals surface area contributed by atoms with Crippen LogP contribution in [0.1, 0.15) is 31.8 Å². The predicted octanol–water partition coefficient (Wildman–Crippen LogP) is 2.62. The van der Waals surface area contributed by atoms with Gasteiger partial charge in [-0.2, -0.15) is 0 Å². The van der Waals surface area contributed by atoms with E-state index in [0.29, 0.717) is 12.1 Å². The number of aryl methyl sites for hydroxylation is 1. The van der Waals surface area contributed by atoms with Crippen LogP contribution in [0.4, 0.5) is 0 Å². The summed E-state index contributed by atoms with van der Waals surface area (Å²) >= 11 is 0. The van der Waals surface area contributed by atoms with Gasteiger partial charge in [0.1, 0.15) is 0 Å². The molecule has 1 amide bonds. The van der Waals surface area contributed by atoms with Gasteiger partial charge in [0, 0.05) is 12.1 Å². The zero-order valence-electron chi connectivity index (χ0n) is 11.1. The highest BCUT2D eigenvalue weighted by atomic mass is 16.4. The second-order valence-electron chi connectivity index (χ2n) is 4.55. The van der Waals surface area contributed by atoms with Crippen molar-refractivity contribution in [2.75, 3.05) is 0 Å². The maximum Gasteiger partial charge on any atom is 0.335 e. The molecule has 2 aromatic rings. The third kappa shape index (κ3) is 3.45. The first-order valence-corrected chi connectivity index (χ1v) is 6.23. The summed E-state index contributed by atoms with van der Waals surface area (Å²) in [7, 11) is 0. The minimum Gasteiger partial charge on any atom is -0.478 e. The highest BCUT2D eigenvalue weighted by molar-refractivity contribution is 5.94. The summed E-state index contributed by atoms with van der Waals surface area (Å²) in [5, 5.41) is 11.7. The second-order valence-corrected chi connectivity index (χ2v) is 4.55. The van der Waals surface area contributed by atoms with E-state index in [4.69, 9.17) is 5.11 Å². The van der Waals surface area contributed by atoms with Gasteiger partial charge in [-0.05, 0) is 36.8 Å². The molecule has 102 valence electrons. The molecule has 0 unspecified atom stereocenters. The molecule has 0 bridgehead atoms. The highest BCUT2D eigenvalue weighted by Crippen LogP contribution is 2.07. The van der Waals surface area contributed by atoms with Crippen LogP contribution in [0.5, 0.6) is 0 Å². The van der Waals surface area contributed by atoms with E-state index in [0.717, 1.165) is 11.1 Å². The van der Waals surface area contributed by atoms with E-state index in [1.165, 1.54) is 6.07 Å². The van der Waals surface area contributed by atoms with Crippen LogP contribution in [-0.4, -0.2) is 17.0 Å². The highest BCUT2D eigenvalue weighted by Gasteiger charge is 2.06. The SMILES string of the molecule is Cc1ccc(C(=O)NCc2cccc(C(=O)O)c2)cc1. The molecule has 2 N–H and O–H groups in total. The Labute approximate surface area is 117 Å². The number of benzene rings is 2. The van der Waals surface area contributed by atoms with Crippen LogP contribution >= 0.6 is 0 Å². The first-order chi connectivity index (χ1) is 9.56. The summed E-state index contributed by atoms with van der Waals surface area (Å²) in [6, 6.07) is 13.8. The van der Waals surface area contributed by atoms with Crippen molar-refractivity contribution in [2.45, 2.75) is 13.5 Å². The summed E-state index contributed by atoms with van der Waals surface area (Å²) in [5.41, 5.74) is 2.65. The normalized spacial score (nSPS) is 10.1. The number of amides is 1. The van der Waals surface area contributed by atoms with Gasteiger partial charge < -0.3 is 10.4 Å². The molecule has 0 aromatic heterocycles. The summed E-state index contributed by atoms with van der Waals surface area (Å²) < 4.78 is 0. The standard InChI is InChI=1S/C16H15NO3/c1-11-5-7-13(8-6-11)15(18)17-10-12-3-2-4-14(9-12)16(19)20/h2-9H,10H2,1H3,(H,17,18)(H,19,20). The number of hydrogen-bond donors (Lipinski definition) is 2. The summed E-state index contributed by atoms with van der Waals surface area (Å²) in [5.74, 6) is -1.15. The molecular weight excluding hydrogens is 254 g/mol. The number of nitrogens with one attached hydrogen (secondary N) is 1. The van der Waals surface area contributed by atoms with Gasteiger partial charge in [-0.1, -0.05) is 29.8 Å². The van der Waals surface area contributed by atoms with Crippen molar-refractivity contribution in [1.29, 1.82) is 0 Å². The lowest BCUT2D eigenvalue weighted by Gasteiger charge is -2.06. The molecule has 0 aliphatic heterocycles. The fraction of sp³-hybridized carbons (Fsp3) is 0.125. The molecule has 0 fully saturated rings. The van der Waals surface area contributed by atoms with Crippen LogP contribution in [0.15, 0.2) is 48.5 Å². The summed E-state index contributed by atoms with van der Waals surface area (Å²) in [6.45, 7) is 2.26. The van der Waals surface area contributed by atoms with Crippen LogP contribution in [-0.2, 0) is 6.54 Å². The Morgan fingerprint density at radius 1 is 1.05 bits per heavy atom. The number of aromatic carboxylic acids is 1. The molecule has 2 rings (SSSR count). The quantitative estimate of drug-likeness (QED) is 0.896. The van der Waals surface area contributed by atoms with Crippen molar-refractivity contribution in [3.05, 3.63) is 70.8 Å². The number of carboxylic acid groups (broad SMARTS) is 1. The molecule has 0 saturated heterocycles. The first kappa shape index (κ1) is 13.8. The molecule has 4 nitrogen and oxygen atoms in total. The molecule has 0 spiro atoms. The fourth-order valence-electron chi connectivity index (χ4n) is 1.80. The lowest BCUT2D eigenvalue weighted by Crippen LogP contribution is -2.22. The van der Waals surface area contributed by atoms with E-state index in [1.54, 1.807) is 30.3 Å². The van der Waals surface area contributed by atoms with Crippen molar-refractivity contribution in [3.63, 3.8) is 0 Å². The average Bonchev–Trinajstić information content (AvgIpc) is 2.46. The smallest absolute Gasteiger partial charge is 0.335 e. The van der Waals surface area contributed by atoms with E-state index >= 15 is 0 Å². The number of carboxylic acids is 1. The predicted molar refractivity (Wildman–Crippen MR) is 75.8 cm³/mol.